The fourth-order valence-electron chi connectivity index (χ4n) is 4.46. The van der Waals surface area contributed by atoms with Crippen LogP contribution in [0.15, 0.2) is 96.8 Å². The lowest BCUT2D eigenvalue weighted by Crippen LogP contribution is -2.57. The van der Waals surface area contributed by atoms with Crippen molar-refractivity contribution in [3.05, 3.63) is 103 Å². The first kappa shape index (κ1) is 29.9. The number of carbonyl (C=O) groups excluding carboxylic acids is 2. The van der Waals surface area contributed by atoms with Gasteiger partial charge >= 0.3 is 0 Å². The summed E-state index contributed by atoms with van der Waals surface area (Å²) in [7, 11) is 0. The highest BCUT2D eigenvalue weighted by Gasteiger charge is 2.37. The quantitative estimate of drug-likeness (QED) is 0.188. The summed E-state index contributed by atoms with van der Waals surface area (Å²) in [5, 5.41) is 30.3. The molecule has 0 fully saturated rings. The average molecular weight is 600 g/mol. The number of hydrogen-bond donors (Lipinski definition) is 5. The molecule has 3 aromatic carbocycles. The van der Waals surface area contributed by atoms with Crippen molar-refractivity contribution in [1.29, 1.82) is 0 Å². The number of amides is 2. The molecule has 0 aliphatic carbocycles. The summed E-state index contributed by atoms with van der Waals surface area (Å²) in [6, 6.07) is 20.5. The molecule has 2 amide bonds. The summed E-state index contributed by atoms with van der Waals surface area (Å²) in [4.78, 5) is 35.8. The van der Waals surface area contributed by atoms with E-state index < -0.39 is 24.3 Å². The van der Waals surface area contributed by atoms with Crippen molar-refractivity contribution in [3.8, 4) is 11.6 Å². The molecule has 0 saturated heterocycles. The molecule has 2 atom stereocenters. The molecule has 44 heavy (non-hydrogen) atoms. The van der Waals surface area contributed by atoms with Gasteiger partial charge in [-0.25, -0.2) is 9.37 Å². The lowest BCUT2D eigenvalue weighted by molar-refractivity contribution is -0.115. The Balaban J connectivity index is 1.24. The van der Waals surface area contributed by atoms with E-state index in [1.807, 2.05) is 0 Å². The molecule has 0 spiro atoms. The Hall–Kier alpha value is -5.53. The lowest BCUT2D eigenvalue weighted by Gasteiger charge is -2.43. The van der Waals surface area contributed by atoms with E-state index in [2.05, 4.69) is 25.9 Å². The van der Waals surface area contributed by atoms with E-state index in [4.69, 9.17) is 4.74 Å². The normalized spacial score (nSPS) is 16.2. The van der Waals surface area contributed by atoms with Gasteiger partial charge < -0.3 is 35.8 Å². The summed E-state index contributed by atoms with van der Waals surface area (Å²) in [5.74, 6) is -0.235. The Morgan fingerprint density at radius 1 is 0.955 bits per heavy atom. The number of nitrogens with one attached hydrogen (secondary N) is 3. The monoisotopic (exact) mass is 599 g/mol. The molecular formula is C31H30FN7O5. The zero-order chi connectivity index (χ0) is 31.2. The minimum absolute atomic E-state index is 0.00886. The average Bonchev–Trinajstić information content (AvgIpc) is 2.99. The van der Waals surface area contributed by atoms with Crippen molar-refractivity contribution in [2.45, 2.75) is 26.4 Å². The van der Waals surface area contributed by atoms with Gasteiger partial charge in [-0.15, -0.1) is 0 Å². The maximum atomic E-state index is 13.5. The molecule has 2 unspecified atom stereocenters. The SMILES string of the molecule is CCN1C=C(C(=O)Nc2ccc(Oc3ccnc(Nc4cccc(NC(C)=O)c4)n3)cc2)C(O)N(c2ccc(F)cc2)C1O. The molecule has 4 aromatic rings. The van der Waals surface area contributed by atoms with Crippen LogP contribution in [0.25, 0.3) is 0 Å². The molecule has 12 nitrogen and oxygen atoms in total. The van der Waals surface area contributed by atoms with E-state index in [1.54, 1.807) is 61.5 Å². The summed E-state index contributed by atoms with van der Waals surface area (Å²) < 4.78 is 19.3. The number of benzene rings is 3. The van der Waals surface area contributed by atoms with E-state index in [0.717, 1.165) is 0 Å². The van der Waals surface area contributed by atoms with Crippen molar-refractivity contribution in [3.63, 3.8) is 0 Å². The third-order valence-corrected chi connectivity index (χ3v) is 6.55. The number of hydrogen-bond acceptors (Lipinski definition) is 10. The molecule has 5 rings (SSSR count). The second kappa shape index (κ2) is 13.2. The number of aliphatic hydroxyl groups is 2. The summed E-state index contributed by atoms with van der Waals surface area (Å²) in [6.07, 6.45) is 0.180. The van der Waals surface area contributed by atoms with Crippen molar-refractivity contribution in [2.24, 2.45) is 0 Å². The van der Waals surface area contributed by atoms with Crippen LogP contribution in [0.4, 0.5) is 33.1 Å². The van der Waals surface area contributed by atoms with Gasteiger partial charge in [0.1, 0.15) is 11.6 Å². The Morgan fingerprint density at radius 3 is 2.39 bits per heavy atom. The number of halogens is 1. The maximum Gasteiger partial charge on any atom is 0.257 e. The Labute approximate surface area is 252 Å². The number of nitrogens with zero attached hydrogens (tertiary/aromatic N) is 4. The minimum atomic E-state index is -1.49. The topological polar surface area (TPSA) is 152 Å². The van der Waals surface area contributed by atoms with Gasteiger partial charge in [0.15, 0.2) is 6.23 Å². The lowest BCUT2D eigenvalue weighted by atomic mass is 10.1. The highest BCUT2D eigenvalue weighted by atomic mass is 19.1. The van der Waals surface area contributed by atoms with Crippen LogP contribution >= 0.6 is 0 Å². The second-order valence-electron chi connectivity index (χ2n) is 9.70. The maximum absolute atomic E-state index is 13.5. The Kier molecular flexibility index (Phi) is 8.98. The fourth-order valence-corrected chi connectivity index (χ4v) is 4.46. The molecule has 1 aliphatic rings. The molecule has 5 N–H and O–H groups in total. The number of anilines is 5. The van der Waals surface area contributed by atoms with E-state index in [0.29, 0.717) is 35.0 Å². The van der Waals surface area contributed by atoms with Crippen molar-refractivity contribution >= 4 is 40.5 Å². The van der Waals surface area contributed by atoms with Crippen LogP contribution in [0.5, 0.6) is 11.6 Å². The van der Waals surface area contributed by atoms with Gasteiger partial charge in [-0.05, 0) is 73.7 Å². The first-order chi connectivity index (χ1) is 21.2. The van der Waals surface area contributed by atoms with Crippen LogP contribution in [-0.4, -0.2) is 56.0 Å². The van der Waals surface area contributed by atoms with Crippen LogP contribution < -0.4 is 25.6 Å². The molecule has 1 aromatic heterocycles. The molecule has 0 bridgehead atoms. The van der Waals surface area contributed by atoms with Crippen LogP contribution in [0.3, 0.4) is 0 Å². The Bertz CT molecular complexity index is 1670. The van der Waals surface area contributed by atoms with E-state index in [1.165, 1.54) is 53.4 Å². The summed E-state index contributed by atoms with van der Waals surface area (Å²) in [5.41, 5.74) is 2.06. The van der Waals surface area contributed by atoms with Crippen molar-refractivity contribution in [2.75, 3.05) is 27.4 Å². The highest BCUT2D eigenvalue weighted by molar-refractivity contribution is 6.05. The molecular weight excluding hydrogens is 569 g/mol. The molecule has 226 valence electrons. The minimum Gasteiger partial charge on any atom is -0.439 e. The van der Waals surface area contributed by atoms with Gasteiger partial charge in [0, 0.05) is 54.7 Å². The predicted octanol–water partition coefficient (Wildman–Crippen LogP) is 4.37. The zero-order valence-electron chi connectivity index (χ0n) is 23.8. The first-order valence-corrected chi connectivity index (χ1v) is 13.6. The summed E-state index contributed by atoms with van der Waals surface area (Å²) in [6.45, 7) is 3.56. The largest absolute Gasteiger partial charge is 0.439 e. The molecule has 13 heteroatoms. The van der Waals surface area contributed by atoms with Gasteiger partial charge in [0.25, 0.3) is 5.91 Å². The van der Waals surface area contributed by atoms with Crippen molar-refractivity contribution < 1.29 is 28.9 Å². The van der Waals surface area contributed by atoms with E-state index in [-0.39, 0.29) is 23.3 Å². The van der Waals surface area contributed by atoms with Crippen LogP contribution in [0, 0.1) is 5.82 Å². The highest BCUT2D eigenvalue weighted by Crippen LogP contribution is 2.29. The van der Waals surface area contributed by atoms with Crippen LogP contribution in [-0.2, 0) is 9.59 Å². The third-order valence-electron chi connectivity index (χ3n) is 6.55. The van der Waals surface area contributed by atoms with Gasteiger partial charge in [-0.2, -0.15) is 4.98 Å². The number of aromatic nitrogens is 2. The Morgan fingerprint density at radius 2 is 1.68 bits per heavy atom. The van der Waals surface area contributed by atoms with Gasteiger partial charge in [-0.3, -0.25) is 14.5 Å². The first-order valence-electron chi connectivity index (χ1n) is 13.6. The van der Waals surface area contributed by atoms with E-state index >= 15 is 0 Å². The van der Waals surface area contributed by atoms with Crippen LogP contribution in [0.1, 0.15) is 13.8 Å². The molecule has 2 heterocycles. The number of aliphatic hydroxyl groups excluding tert-OH is 2. The standard InChI is InChI=1S/C31H30FN7O5/c1-3-38-18-26(29(42)39(31(38)43)24-11-7-20(32)8-12-24)28(41)35-21-9-13-25(14-10-21)44-27-15-16-33-30(37-27)36-23-6-4-5-22(17-23)34-19(2)40/h4-18,29,31,42-43H,3H2,1-2H3,(H,34,40)(H,35,41)(H,33,36,37). The predicted molar refractivity (Wildman–Crippen MR) is 163 cm³/mol. The number of carbonyl (C=O) groups is 2. The van der Waals surface area contributed by atoms with Gasteiger partial charge in [-0.1, -0.05) is 6.07 Å². The molecule has 1 aliphatic heterocycles. The number of rotatable bonds is 9. The van der Waals surface area contributed by atoms with E-state index in [9.17, 15) is 24.2 Å². The van der Waals surface area contributed by atoms with Crippen LogP contribution in [0.2, 0.25) is 0 Å². The fraction of sp³-hybridized carbons (Fsp3) is 0.161. The van der Waals surface area contributed by atoms with Gasteiger partial charge in [0.05, 0.1) is 5.57 Å². The zero-order valence-corrected chi connectivity index (χ0v) is 23.8. The smallest absolute Gasteiger partial charge is 0.257 e. The second-order valence-corrected chi connectivity index (χ2v) is 9.70. The summed E-state index contributed by atoms with van der Waals surface area (Å²) >= 11 is 0. The molecule has 0 radical (unpaired) electrons. The van der Waals surface area contributed by atoms with Gasteiger partial charge in [0.2, 0.25) is 24.1 Å². The molecule has 0 saturated carbocycles. The number of ether oxygens (including phenoxy) is 1. The third kappa shape index (κ3) is 7.09. The van der Waals surface area contributed by atoms with Crippen molar-refractivity contribution in [1.82, 2.24) is 14.9 Å².